The molecule has 2 aromatic carbocycles. The summed E-state index contributed by atoms with van der Waals surface area (Å²) in [5, 5.41) is 3.52. The number of rotatable bonds is 9. The number of carbonyl (C=O) groups is 2. The molecule has 172 valence electrons. The van der Waals surface area contributed by atoms with Crippen LogP contribution in [-0.2, 0) is 24.3 Å². The van der Waals surface area contributed by atoms with Crippen LogP contribution in [0.5, 0.6) is 0 Å². The molecule has 0 unspecified atom stereocenters. The minimum Gasteiger partial charge on any atom is -0.452 e. The molecule has 3 aromatic rings. The standard InChI is InChI=1S/C24H25N3O5S/c1-3-27(4-2)33(30,31)21-13-11-20(12-14-21)26-22(28)17-32-23(29)15-10-19-8-5-7-18-9-6-16-25-24(18)19/h5-16H,3-4,17H2,1-2H3,(H,26,28)/b15-10+. The van der Waals surface area contributed by atoms with Gasteiger partial charge in [0.25, 0.3) is 5.91 Å². The van der Waals surface area contributed by atoms with Gasteiger partial charge in [0.05, 0.1) is 10.4 Å². The van der Waals surface area contributed by atoms with Crippen LogP contribution in [0, 0.1) is 0 Å². The fourth-order valence-corrected chi connectivity index (χ4v) is 4.68. The number of nitrogens with zero attached hydrogens (tertiary/aromatic N) is 2. The summed E-state index contributed by atoms with van der Waals surface area (Å²) in [7, 11) is -3.57. The van der Waals surface area contributed by atoms with E-state index in [4.69, 9.17) is 4.74 Å². The summed E-state index contributed by atoms with van der Waals surface area (Å²) in [6.07, 6.45) is 4.50. The quantitative estimate of drug-likeness (QED) is 0.382. The van der Waals surface area contributed by atoms with Crippen LogP contribution in [0.1, 0.15) is 19.4 Å². The van der Waals surface area contributed by atoms with Crippen molar-refractivity contribution in [2.24, 2.45) is 0 Å². The third-order valence-corrected chi connectivity index (χ3v) is 6.95. The van der Waals surface area contributed by atoms with Gasteiger partial charge in [-0.2, -0.15) is 4.31 Å². The van der Waals surface area contributed by atoms with Crippen molar-refractivity contribution >= 4 is 44.6 Å². The Kier molecular flexibility index (Phi) is 7.92. The van der Waals surface area contributed by atoms with Gasteiger partial charge in [0.2, 0.25) is 10.0 Å². The van der Waals surface area contributed by atoms with Crippen LogP contribution < -0.4 is 5.32 Å². The van der Waals surface area contributed by atoms with Crippen molar-refractivity contribution in [3.8, 4) is 0 Å². The Morgan fingerprint density at radius 3 is 2.42 bits per heavy atom. The van der Waals surface area contributed by atoms with Gasteiger partial charge in [-0.25, -0.2) is 13.2 Å². The second kappa shape index (κ2) is 10.8. The minimum atomic E-state index is -3.57. The van der Waals surface area contributed by atoms with E-state index < -0.39 is 28.5 Å². The van der Waals surface area contributed by atoms with Crippen LogP contribution in [0.3, 0.4) is 0 Å². The summed E-state index contributed by atoms with van der Waals surface area (Å²) in [6, 6.07) is 15.2. The number of fused-ring (bicyclic) bond motifs is 1. The molecule has 0 saturated heterocycles. The molecular weight excluding hydrogens is 442 g/mol. The third kappa shape index (κ3) is 6.03. The molecule has 0 atom stereocenters. The van der Waals surface area contributed by atoms with Crippen LogP contribution in [0.2, 0.25) is 0 Å². The third-order valence-electron chi connectivity index (χ3n) is 4.89. The summed E-state index contributed by atoms with van der Waals surface area (Å²) in [5.41, 5.74) is 1.91. The molecule has 0 radical (unpaired) electrons. The SMILES string of the molecule is CCN(CC)S(=O)(=O)c1ccc(NC(=O)COC(=O)/C=C/c2cccc3cccnc23)cc1. The Hall–Kier alpha value is -3.56. The summed E-state index contributed by atoms with van der Waals surface area (Å²) < 4.78 is 31.4. The van der Waals surface area contributed by atoms with Crippen molar-refractivity contribution in [1.29, 1.82) is 0 Å². The monoisotopic (exact) mass is 467 g/mol. The summed E-state index contributed by atoms with van der Waals surface area (Å²) in [6.45, 7) is 3.80. The molecule has 8 nitrogen and oxygen atoms in total. The molecule has 0 aliphatic heterocycles. The molecule has 0 aliphatic rings. The fourth-order valence-electron chi connectivity index (χ4n) is 3.22. The van der Waals surface area contributed by atoms with Gasteiger partial charge in [-0.15, -0.1) is 0 Å². The van der Waals surface area contributed by atoms with Gasteiger partial charge in [-0.05, 0) is 36.4 Å². The van der Waals surface area contributed by atoms with E-state index in [1.807, 2.05) is 30.3 Å². The van der Waals surface area contributed by atoms with E-state index in [0.29, 0.717) is 18.8 Å². The molecule has 1 amide bonds. The average Bonchev–Trinajstić information content (AvgIpc) is 2.82. The number of carbonyl (C=O) groups excluding carboxylic acids is 2. The highest BCUT2D eigenvalue weighted by Gasteiger charge is 2.21. The molecule has 0 spiro atoms. The predicted molar refractivity (Wildman–Crippen MR) is 127 cm³/mol. The van der Waals surface area contributed by atoms with Crippen molar-refractivity contribution in [2.75, 3.05) is 25.0 Å². The van der Waals surface area contributed by atoms with Crippen molar-refractivity contribution < 1.29 is 22.7 Å². The molecule has 3 rings (SSSR count). The number of benzene rings is 2. The summed E-state index contributed by atoms with van der Waals surface area (Å²) in [4.78, 5) is 28.6. The zero-order valence-electron chi connectivity index (χ0n) is 18.4. The number of hydrogen-bond acceptors (Lipinski definition) is 6. The predicted octanol–water partition coefficient (Wildman–Crippen LogP) is 3.46. The van der Waals surface area contributed by atoms with E-state index in [9.17, 15) is 18.0 Å². The smallest absolute Gasteiger partial charge is 0.331 e. The number of anilines is 1. The van der Waals surface area contributed by atoms with Gasteiger partial charge < -0.3 is 10.1 Å². The Morgan fingerprint density at radius 2 is 1.73 bits per heavy atom. The first-order chi connectivity index (χ1) is 15.8. The van der Waals surface area contributed by atoms with Crippen LogP contribution in [0.15, 0.2) is 71.8 Å². The Labute approximate surface area is 192 Å². The van der Waals surface area contributed by atoms with Crippen LogP contribution in [0.4, 0.5) is 5.69 Å². The van der Waals surface area contributed by atoms with Crippen molar-refractivity contribution in [3.05, 3.63) is 72.4 Å². The summed E-state index contributed by atoms with van der Waals surface area (Å²) in [5.74, 6) is -1.21. The van der Waals surface area contributed by atoms with Crippen LogP contribution in [0.25, 0.3) is 17.0 Å². The number of ether oxygens (including phenoxy) is 1. The van der Waals surface area contributed by atoms with E-state index >= 15 is 0 Å². The number of aromatic nitrogens is 1. The number of sulfonamides is 1. The van der Waals surface area contributed by atoms with Crippen LogP contribution >= 0.6 is 0 Å². The van der Waals surface area contributed by atoms with Gasteiger partial charge >= 0.3 is 5.97 Å². The lowest BCUT2D eigenvalue weighted by Gasteiger charge is -2.18. The molecule has 1 heterocycles. The number of para-hydroxylation sites is 1. The molecule has 1 N–H and O–H groups in total. The van der Waals surface area contributed by atoms with Gasteiger partial charge in [-0.1, -0.05) is 38.1 Å². The zero-order valence-corrected chi connectivity index (χ0v) is 19.2. The topological polar surface area (TPSA) is 106 Å². The second-order valence-electron chi connectivity index (χ2n) is 7.03. The van der Waals surface area contributed by atoms with E-state index in [1.54, 1.807) is 26.1 Å². The van der Waals surface area contributed by atoms with Crippen molar-refractivity contribution in [2.45, 2.75) is 18.7 Å². The zero-order chi connectivity index (χ0) is 23.8. The first-order valence-electron chi connectivity index (χ1n) is 10.4. The van der Waals surface area contributed by atoms with Gasteiger partial charge in [0.1, 0.15) is 0 Å². The Bertz CT molecular complexity index is 1260. The van der Waals surface area contributed by atoms with Crippen molar-refractivity contribution in [1.82, 2.24) is 9.29 Å². The van der Waals surface area contributed by atoms with E-state index in [0.717, 1.165) is 16.5 Å². The largest absolute Gasteiger partial charge is 0.452 e. The normalized spacial score (nSPS) is 11.7. The summed E-state index contributed by atoms with van der Waals surface area (Å²) >= 11 is 0. The molecular formula is C24H25N3O5S. The second-order valence-corrected chi connectivity index (χ2v) is 8.96. The van der Waals surface area contributed by atoms with Crippen molar-refractivity contribution in [3.63, 3.8) is 0 Å². The lowest BCUT2D eigenvalue weighted by Crippen LogP contribution is -2.30. The van der Waals surface area contributed by atoms with Gasteiger partial charge in [0.15, 0.2) is 6.61 Å². The van der Waals surface area contributed by atoms with E-state index in [-0.39, 0.29) is 4.90 Å². The van der Waals surface area contributed by atoms with Gasteiger partial charge in [-0.3, -0.25) is 9.78 Å². The number of pyridine rings is 1. The number of amides is 1. The lowest BCUT2D eigenvalue weighted by molar-refractivity contribution is -0.142. The maximum atomic E-state index is 12.5. The maximum Gasteiger partial charge on any atom is 0.331 e. The molecule has 1 aromatic heterocycles. The number of esters is 1. The molecule has 0 bridgehead atoms. The highest BCUT2D eigenvalue weighted by atomic mass is 32.2. The first-order valence-corrected chi connectivity index (χ1v) is 11.9. The van der Waals surface area contributed by atoms with E-state index in [1.165, 1.54) is 34.6 Å². The maximum absolute atomic E-state index is 12.5. The average molecular weight is 468 g/mol. The highest BCUT2D eigenvalue weighted by molar-refractivity contribution is 7.89. The number of nitrogens with one attached hydrogen (secondary N) is 1. The number of hydrogen-bond donors (Lipinski definition) is 1. The lowest BCUT2D eigenvalue weighted by atomic mass is 10.1. The minimum absolute atomic E-state index is 0.142. The molecule has 33 heavy (non-hydrogen) atoms. The molecule has 0 fully saturated rings. The molecule has 0 aliphatic carbocycles. The molecule has 9 heteroatoms. The van der Waals surface area contributed by atoms with Gasteiger partial charge in [0, 0.05) is 42.0 Å². The highest BCUT2D eigenvalue weighted by Crippen LogP contribution is 2.19. The Balaban J connectivity index is 1.55. The van der Waals surface area contributed by atoms with E-state index in [2.05, 4.69) is 10.3 Å². The van der Waals surface area contributed by atoms with Crippen LogP contribution in [-0.4, -0.2) is 49.3 Å². The Morgan fingerprint density at radius 1 is 1.03 bits per heavy atom. The fraction of sp³-hybridized carbons (Fsp3) is 0.208. The molecule has 0 saturated carbocycles. The first kappa shape index (κ1) is 24.1.